The first-order valence-corrected chi connectivity index (χ1v) is 8.91. The lowest BCUT2D eigenvalue weighted by Gasteiger charge is -2.08. The average Bonchev–Trinajstić information content (AvgIpc) is 3.12. The Bertz CT molecular complexity index is 1000. The Labute approximate surface area is 163 Å². The van der Waals surface area contributed by atoms with Crippen molar-refractivity contribution in [1.82, 2.24) is 4.98 Å². The van der Waals surface area contributed by atoms with E-state index in [0.717, 1.165) is 0 Å². The van der Waals surface area contributed by atoms with E-state index >= 15 is 0 Å². The number of carbonyl (C=O) groups is 3. The molecule has 4 N–H and O–H groups in total. The van der Waals surface area contributed by atoms with Crippen molar-refractivity contribution < 1.29 is 14.4 Å². The van der Waals surface area contributed by atoms with E-state index in [4.69, 9.17) is 17.3 Å². The SMILES string of the molecule is NC(=O)c1ccc(C(=O)Nc2ccsc2C(=O)Nc2ccc(Cl)cn2)cc1. The van der Waals surface area contributed by atoms with Crippen LogP contribution in [0.25, 0.3) is 0 Å². The van der Waals surface area contributed by atoms with Crippen LogP contribution in [0.15, 0.2) is 54.0 Å². The molecular formula is C18H13ClN4O3S. The molecule has 136 valence electrons. The van der Waals surface area contributed by atoms with Crippen LogP contribution in [-0.2, 0) is 0 Å². The van der Waals surface area contributed by atoms with Gasteiger partial charge in [-0.25, -0.2) is 4.98 Å². The van der Waals surface area contributed by atoms with Gasteiger partial charge in [0.15, 0.2) is 0 Å². The largest absolute Gasteiger partial charge is 0.366 e. The van der Waals surface area contributed by atoms with Crippen LogP contribution < -0.4 is 16.4 Å². The maximum absolute atomic E-state index is 12.4. The molecule has 0 saturated heterocycles. The van der Waals surface area contributed by atoms with Crippen LogP contribution in [0.2, 0.25) is 5.02 Å². The second-order valence-corrected chi connectivity index (χ2v) is 6.73. The van der Waals surface area contributed by atoms with Gasteiger partial charge in [0.1, 0.15) is 10.7 Å². The minimum atomic E-state index is -0.574. The number of halogens is 1. The summed E-state index contributed by atoms with van der Waals surface area (Å²) in [6.45, 7) is 0. The fourth-order valence-corrected chi connectivity index (χ4v) is 3.04. The van der Waals surface area contributed by atoms with Gasteiger partial charge < -0.3 is 16.4 Å². The van der Waals surface area contributed by atoms with E-state index in [1.807, 2.05) is 0 Å². The molecule has 3 rings (SSSR count). The van der Waals surface area contributed by atoms with Crippen LogP contribution in [0.1, 0.15) is 30.4 Å². The Kier molecular flexibility index (Phi) is 5.49. The second kappa shape index (κ2) is 7.98. The maximum atomic E-state index is 12.4. The Balaban J connectivity index is 1.72. The number of carbonyl (C=O) groups excluding carboxylic acids is 3. The molecule has 27 heavy (non-hydrogen) atoms. The summed E-state index contributed by atoms with van der Waals surface area (Å²) in [5, 5.41) is 7.48. The Morgan fingerprint density at radius 3 is 2.26 bits per heavy atom. The molecule has 0 aliphatic heterocycles. The van der Waals surface area contributed by atoms with E-state index < -0.39 is 17.7 Å². The number of nitrogens with two attached hydrogens (primary N) is 1. The first-order valence-electron chi connectivity index (χ1n) is 7.65. The third kappa shape index (κ3) is 4.49. The molecule has 0 unspecified atom stereocenters. The van der Waals surface area contributed by atoms with Crippen LogP contribution in [0.5, 0.6) is 0 Å². The minimum absolute atomic E-state index is 0.303. The highest BCUT2D eigenvalue weighted by molar-refractivity contribution is 7.12. The molecule has 1 aromatic carbocycles. The molecule has 3 amide bonds. The first-order chi connectivity index (χ1) is 12.9. The van der Waals surface area contributed by atoms with Crippen molar-refractivity contribution in [2.45, 2.75) is 0 Å². The number of hydrogen-bond donors (Lipinski definition) is 3. The Hall–Kier alpha value is -3.23. The third-order valence-electron chi connectivity index (χ3n) is 3.52. The molecule has 7 nitrogen and oxygen atoms in total. The van der Waals surface area contributed by atoms with Gasteiger partial charge in [-0.2, -0.15) is 0 Å². The molecule has 0 aliphatic rings. The molecule has 0 spiro atoms. The van der Waals surface area contributed by atoms with E-state index in [1.54, 1.807) is 23.6 Å². The van der Waals surface area contributed by atoms with Crippen molar-refractivity contribution >= 4 is 52.2 Å². The summed E-state index contributed by atoms with van der Waals surface area (Å²) in [5.41, 5.74) is 6.18. The highest BCUT2D eigenvalue weighted by Gasteiger charge is 2.17. The molecule has 3 aromatic rings. The molecule has 0 saturated carbocycles. The van der Waals surface area contributed by atoms with E-state index in [2.05, 4.69) is 15.6 Å². The maximum Gasteiger partial charge on any atom is 0.269 e. The predicted molar refractivity (Wildman–Crippen MR) is 104 cm³/mol. The lowest BCUT2D eigenvalue weighted by Crippen LogP contribution is -2.17. The highest BCUT2D eigenvalue weighted by atomic mass is 35.5. The summed E-state index contributed by atoms with van der Waals surface area (Å²) >= 11 is 6.95. The first kappa shape index (κ1) is 18.6. The van der Waals surface area contributed by atoms with Gasteiger partial charge in [-0.3, -0.25) is 14.4 Å². The van der Waals surface area contributed by atoms with Gasteiger partial charge in [-0.15, -0.1) is 11.3 Å². The van der Waals surface area contributed by atoms with Crippen molar-refractivity contribution in [3.8, 4) is 0 Å². The number of aromatic nitrogens is 1. The zero-order valence-corrected chi connectivity index (χ0v) is 15.3. The Morgan fingerprint density at radius 1 is 0.926 bits per heavy atom. The van der Waals surface area contributed by atoms with Gasteiger partial charge in [0.05, 0.1) is 10.7 Å². The van der Waals surface area contributed by atoms with E-state index in [0.29, 0.717) is 32.5 Å². The minimum Gasteiger partial charge on any atom is -0.366 e. The van der Waals surface area contributed by atoms with Crippen molar-refractivity contribution in [1.29, 1.82) is 0 Å². The molecule has 2 heterocycles. The average molecular weight is 401 g/mol. The molecule has 0 fully saturated rings. The van der Waals surface area contributed by atoms with Crippen molar-refractivity contribution in [2.75, 3.05) is 10.6 Å². The van der Waals surface area contributed by atoms with Gasteiger partial charge in [0.25, 0.3) is 11.8 Å². The lowest BCUT2D eigenvalue weighted by molar-refractivity contribution is 0.0993. The normalized spacial score (nSPS) is 10.3. The number of pyridine rings is 1. The van der Waals surface area contributed by atoms with Crippen molar-refractivity contribution in [3.63, 3.8) is 0 Å². The monoisotopic (exact) mass is 400 g/mol. The number of amides is 3. The number of primary amides is 1. The summed E-state index contributed by atoms with van der Waals surface area (Å²) in [5.74, 6) is -1.05. The summed E-state index contributed by atoms with van der Waals surface area (Å²) in [6, 6.07) is 10.7. The summed E-state index contributed by atoms with van der Waals surface area (Å²) in [6.07, 6.45) is 1.42. The van der Waals surface area contributed by atoms with Crippen LogP contribution >= 0.6 is 22.9 Å². The number of nitrogens with one attached hydrogen (secondary N) is 2. The zero-order valence-electron chi connectivity index (χ0n) is 13.7. The van der Waals surface area contributed by atoms with Crippen LogP contribution in [0.4, 0.5) is 11.5 Å². The Morgan fingerprint density at radius 2 is 1.63 bits per heavy atom. The third-order valence-corrected chi connectivity index (χ3v) is 4.66. The zero-order chi connectivity index (χ0) is 19.4. The quantitative estimate of drug-likeness (QED) is 0.608. The molecule has 0 bridgehead atoms. The van der Waals surface area contributed by atoms with Crippen LogP contribution in [0, 0.1) is 0 Å². The molecule has 0 radical (unpaired) electrons. The number of thiophene rings is 1. The second-order valence-electron chi connectivity index (χ2n) is 5.37. The van der Waals surface area contributed by atoms with E-state index in [-0.39, 0.29) is 0 Å². The summed E-state index contributed by atoms with van der Waals surface area (Å²) < 4.78 is 0. The summed E-state index contributed by atoms with van der Waals surface area (Å²) in [4.78, 5) is 40.2. The fourth-order valence-electron chi connectivity index (χ4n) is 2.19. The lowest BCUT2D eigenvalue weighted by atomic mass is 10.1. The van der Waals surface area contributed by atoms with Crippen LogP contribution in [0.3, 0.4) is 0 Å². The van der Waals surface area contributed by atoms with Crippen molar-refractivity contribution in [3.05, 3.63) is 75.1 Å². The van der Waals surface area contributed by atoms with Crippen LogP contribution in [-0.4, -0.2) is 22.7 Å². The molecule has 9 heteroatoms. The number of nitrogens with zero attached hydrogens (tertiary/aromatic N) is 1. The van der Waals surface area contributed by atoms with E-state index in [9.17, 15) is 14.4 Å². The van der Waals surface area contributed by atoms with Crippen molar-refractivity contribution in [2.24, 2.45) is 5.73 Å². The molecular weight excluding hydrogens is 388 g/mol. The smallest absolute Gasteiger partial charge is 0.269 e. The van der Waals surface area contributed by atoms with Gasteiger partial charge in [-0.05, 0) is 47.8 Å². The molecule has 0 atom stereocenters. The van der Waals surface area contributed by atoms with Gasteiger partial charge in [0, 0.05) is 17.3 Å². The highest BCUT2D eigenvalue weighted by Crippen LogP contribution is 2.24. The predicted octanol–water partition coefficient (Wildman–Crippen LogP) is 3.40. The van der Waals surface area contributed by atoms with Gasteiger partial charge in [0.2, 0.25) is 5.91 Å². The van der Waals surface area contributed by atoms with Gasteiger partial charge >= 0.3 is 0 Å². The standard InChI is InChI=1S/C18H13ClN4O3S/c19-12-5-6-14(21-9-12)23-18(26)15-13(7-8-27-15)22-17(25)11-3-1-10(2-4-11)16(20)24/h1-9H,(H2,20,24)(H,22,25)(H,21,23,26). The number of hydrogen-bond acceptors (Lipinski definition) is 5. The number of benzene rings is 1. The fraction of sp³-hybridized carbons (Fsp3) is 0. The summed E-state index contributed by atoms with van der Waals surface area (Å²) in [7, 11) is 0. The number of rotatable bonds is 5. The molecule has 0 aliphatic carbocycles. The topological polar surface area (TPSA) is 114 Å². The number of anilines is 2. The molecule has 2 aromatic heterocycles. The van der Waals surface area contributed by atoms with Gasteiger partial charge in [-0.1, -0.05) is 11.6 Å². The van der Waals surface area contributed by atoms with E-state index in [1.165, 1.54) is 41.8 Å².